The first-order valence-corrected chi connectivity index (χ1v) is 10.3. The van der Waals surface area contributed by atoms with Crippen molar-refractivity contribution in [2.24, 2.45) is 5.92 Å². The van der Waals surface area contributed by atoms with E-state index in [1.807, 2.05) is 53.4 Å². The van der Waals surface area contributed by atoms with Crippen molar-refractivity contribution in [2.45, 2.75) is 19.4 Å². The van der Waals surface area contributed by atoms with Gasteiger partial charge >= 0.3 is 0 Å². The Bertz CT molecular complexity index is 780. The molecule has 2 heterocycles. The molecule has 2 aromatic rings. The minimum absolute atomic E-state index is 0.0103. The maximum absolute atomic E-state index is 12.3. The standard InChI is InChI=1S/C20H21BrN2O2S/c21-18-8-7-17(26-18)14-22-20(25)16-10-12-23(13-11-16)19(24)9-6-15-4-2-1-3-5-15/h1-9,16H,10-14H2,(H,22,25). The molecule has 0 unspecified atom stereocenters. The summed E-state index contributed by atoms with van der Waals surface area (Å²) in [5.41, 5.74) is 1.01. The van der Waals surface area contributed by atoms with Gasteiger partial charge in [0.1, 0.15) is 0 Å². The molecule has 1 N–H and O–H groups in total. The van der Waals surface area contributed by atoms with Gasteiger partial charge in [-0.1, -0.05) is 30.3 Å². The third-order valence-electron chi connectivity index (χ3n) is 4.46. The zero-order chi connectivity index (χ0) is 18.4. The second kappa shape index (κ2) is 9.14. The average molecular weight is 433 g/mol. The Morgan fingerprint density at radius 1 is 1.15 bits per heavy atom. The van der Waals surface area contributed by atoms with Gasteiger partial charge in [0, 0.05) is 30.0 Å². The lowest BCUT2D eigenvalue weighted by Crippen LogP contribution is -2.42. The van der Waals surface area contributed by atoms with Crippen molar-refractivity contribution in [1.82, 2.24) is 10.2 Å². The molecule has 1 aromatic heterocycles. The highest BCUT2D eigenvalue weighted by molar-refractivity contribution is 9.11. The number of hydrogen-bond acceptors (Lipinski definition) is 3. The highest BCUT2D eigenvalue weighted by Gasteiger charge is 2.26. The van der Waals surface area contributed by atoms with Crippen LogP contribution in [0.3, 0.4) is 0 Å². The summed E-state index contributed by atoms with van der Waals surface area (Å²) in [4.78, 5) is 27.6. The molecule has 1 aliphatic rings. The van der Waals surface area contributed by atoms with Crippen LogP contribution in [0.2, 0.25) is 0 Å². The number of hydrogen-bond donors (Lipinski definition) is 1. The zero-order valence-corrected chi connectivity index (χ0v) is 16.8. The van der Waals surface area contributed by atoms with E-state index in [1.54, 1.807) is 17.4 Å². The van der Waals surface area contributed by atoms with Crippen molar-refractivity contribution in [3.8, 4) is 0 Å². The SMILES string of the molecule is O=C(NCc1ccc(Br)s1)C1CCN(C(=O)C=Cc2ccccc2)CC1. The molecule has 2 amide bonds. The Balaban J connectivity index is 1.43. The van der Waals surface area contributed by atoms with Crippen LogP contribution in [-0.4, -0.2) is 29.8 Å². The first-order chi connectivity index (χ1) is 12.6. The summed E-state index contributed by atoms with van der Waals surface area (Å²) >= 11 is 5.05. The molecule has 1 saturated heterocycles. The number of thiophene rings is 1. The van der Waals surface area contributed by atoms with Crippen LogP contribution < -0.4 is 5.32 Å². The van der Waals surface area contributed by atoms with E-state index >= 15 is 0 Å². The predicted molar refractivity (Wildman–Crippen MR) is 109 cm³/mol. The summed E-state index contributed by atoms with van der Waals surface area (Å²) in [5, 5.41) is 3.01. The van der Waals surface area contributed by atoms with Gasteiger partial charge in [0.05, 0.1) is 10.3 Å². The van der Waals surface area contributed by atoms with E-state index in [1.165, 1.54) is 0 Å². The fraction of sp³-hybridized carbons (Fsp3) is 0.300. The van der Waals surface area contributed by atoms with Gasteiger partial charge in [0.25, 0.3) is 0 Å². The van der Waals surface area contributed by atoms with Gasteiger partial charge in [-0.3, -0.25) is 9.59 Å². The highest BCUT2D eigenvalue weighted by atomic mass is 79.9. The normalized spacial score (nSPS) is 15.3. The summed E-state index contributed by atoms with van der Waals surface area (Å²) in [6.07, 6.45) is 4.88. The molecule has 1 fully saturated rings. The molecule has 4 nitrogen and oxygen atoms in total. The van der Waals surface area contributed by atoms with Crippen LogP contribution in [0, 0.1) is 5.92 Å². The van der Waals surface area contributed by atoms with Gasteiger partial charge < -0.3 is 10.2 Å². The van der Waals surface area contributed by atoms with Gasteiger partial charge in [-0.15, -0.1) is 11.3 Å². The van der Waals surface area contributed by atoms with Gasteiger partial charge in [-0.25, -0.2) is 0 Å². The average Bonchev–Trinajstić information content (AvgIpc) is 3.10. The van der Waals surface area contributed by atoms with E-state index in [0.29, 0.717) is 32.5 Å². The Morgan fingerprint density at radius 3 is 2.54 bits per heavy atom. The summed E-state index contributed by atoms with van der Waals surface area (Å²) in [5.74, 6) is 0.0816. The second-order valence-corrected chi connectivity index (χ2v) is 8.81. The zero-order valence-electron chi connectivity index (χ0n) is 14.4. The largest absolute Gasteiger partial charge is 0.351 e. The molecule has 26 heavy (non-hydrogen) atoms. The number of halogens is 1. The van der Waals surface area contributed by atoms with E-state index in [-0.39, 0.29) is 17.7 Å². The quantitative estimate of drug-likeness (QED) is 0.723. The van der Waals surface area contributed by atoms with Gasteiger partial charge in [0.2, 0.25) is 11.8 Å². The fourth-order valence-corrected chi connectivity index (χ4v) is 4.39. The Morgan fingerprint density at radius 2 is 1.88 bits per heavy atom. The fourth-order valence-electron chi connectivity index (χ4n) is 2.96. The Kier molecular flexibility index (Phi) is 6.63. The number of nitrogens with zero attached hydrogens (tertiary/aromatic N) is 1. The first kappa shape index (κ1) is 18.9. The number of piperidine rings is 1. The third kappa shape index (κ3) is 5.29. The molecule has 0 spiro atoms. The van der Waals surface area contributed by atoms with Crippen LogP contribution in [0.25, 0.3) is 6.08 Å². The maximum atomic E-state index is 12.3. The van der Waals surface area contributed by atoms with Crippen LogP contribution in [0.5, 0.6) is 0 Å². The first-order valence-electron chi connectivity index (χ1n) is 8.66. The van der Waals surface area contributed by atoms with E-state index in [9.17, 15) is 9.59 Å². The molecule has 0 bridgehead atoms. The number of rotatable bonds is 5. The highest BCUT2D eigenvalue weighted by Crippen LogP contribution is 2.22. The molecule has 0 saturated carbocycles. The van der Waals surface area contributed by atoms with E-state index in [2.05, 4.69) is 21.2 Å². The predicted octanol–water partition coefficient (Wildman–Crippen LogP) is 4.08. The second-order valence-electron chi connectivity index (χ2n) is 6.27. The Hall–Kier alpha value is -1.92. The molecule has 6 heteroatoms. The lowest BCUT2D eigenvalue weighted by molar-refractivity contribution is -0.132. The minimum Gasteiger partial charge on any atom is -0.351 e. The van der Waals surface area contributed by atoms with Crippen LogP contribution in [0.1, 0.15) is 23.3 Å². The summed E-state index contributed by atoms with van der Waals surface area (Å²) in [7, 11) is 0. The van der Waals surface area contributed by atoms with Crippen LogP contribution in [-0.2, 0) is 16.1 Å². The van der Waals surface area contributed by atoms with Crippen molar-refractivity contribution in [2.75, 3.05) is 13.1 Å². The Labute approximate surface area is 166 Å². The number of nitrogens with one attached hydrogen (secondary N) is 1. The lowest BCUT2D eigenvalue weighted by atomic mass is 9.96. The number of carbonyl (C=O) groups excluding carboxylic acids is 2. The summed E-state index contributed by atoms with van der Waals surface area (Å²) in [6, 6.07) is 13.8. The lowest BCUT2D eigenvalue weighted by Gasteiger charge is -2.30. The molecule has 1 aromatic carbocycles. The molecule has 1 aliphatic heterocycles. The van der Waals surface area contributed by atoms with Crippen molar-refractivity contribution < 1.29 is 9.59 Å². The van der Waals surface area contributed by atoms with Crippen LogP contribution >= 0.6 is 27.3 Å². The van der Waals surface area contributed by atoms with Gasteiger partial charge in [0.15, 0.2) is 0 Å². The van der Waals surface area contributed by atoms with E-state index < -0.39 is 0 Å². The van der Waals surface area contributed by atoms with Crippen molar-refractivity contribution in [3.05, 3.63) is 62.8 Å². The number of likely N-dealkylation sites (tertiary alicyclic amines) is 1. The molecule has 0 radical (unpaired) electrons. The topological polar surface area (TPSA) is 49.4 Å². The summed E-state index contributed by atoms with van der Waals surface area (Å²) < 4.78 is 1.07. The summed E-state index contributed by atoms with van der Waals surface area (Å²) in [6.45, 7) is 1.81. The molecule has 136 valence electrons. The number of benzene rings is 1. The monoisotopic (exact) mass is 432 g/mol. The smallest absolute Gasteiger partial charge is 0.246 e. The minimum atomic E-state index is -0.0134. The van der Waals surface area contributed by atoms with Crippen molar-refractivity contribution >= 4 is 45.2 Å². The van der Waals surface area contributed by atoms with E-state index in [4.69, 9.17) is 0 Å². The van der Waals surface area contributed by atoms with E-state index in [0.717, 1.165) is 14.2 Å². The maximum Gasteiger partial charge on any atom is 0.246 e. The van der Waals surface area contributed by atoms with Gasteiger partial charge in [-0.05, 0) is 52.5 Å². The van der Waals surface area contributed by atoms with Crippen LogP contribution in [0.4, 0.5) is 0 Å². The molecule has 3 rings (SSSR count). The third-order valence-corrected chi connectivity index (χ3v) is 6.08. The molecular formula is C20H21BrN2O2S. The van der Waals surface area contributed by atoms with Gasteiger partial charge in [-0.2, -0.15) is 0 Å². The van der Waals surface area contributed by atoms with Crippen molar-refractivity contribution in [3.63, 3.8) is 0 Å². The molecular weight excluding hydrogens is 412 g/mol. The van der Waals surface area contributed by atoms with Crippen LogP contribution in [0.15, 0.2) is 52.3 Å². The molecule has 0 atom stereocenters. The van der Waals surface area contributed by atoms with Crippen molar-refractivity contribution in [1.29, 1.82) is 0 Å². The number of amides is 2. The molecule has 0 aliphatic carbocycles. The number of carbonyl (C=O) groups is 2.